The van der Waals surface area contributed by atoms with E-state index in [2.05, 4.69) is 0 Å². The molecule has 4 rings (SSSR count). The van der Waals surface area contributed by atoms with Gasteiger partial charge >= 0.3 is 5.97 Å². The summed E-state index contributed by atoms with van der Waals surface area (Å²) in [5, 5.41) is 0.0888. The molecule has 3 aromatic rings. The molecule has 1 aliphatic rings. The molecule has 1 heterocycles. The monoisotopic (exact) mass is 523 g/mol. The summed E-state index contributed by atoms with van der Waals surface area (Å²) in [4.78, 5) is 39.5. The van der Waals surface area contributed by atoms with E-state index >= 15 is 0 Å². The number of carbonyl (C=O) groups is 3. The molecule has 3 aromatic carbocycles. The number of imide groups is 1. The second-order valence-corrected chi connectivity index (χ2v) is 9.20. The first-order chi connectivity index (χ1) is 17.4. The summed E-state index contributed by atoms with van der Waals surface area (Å²) in [5.74, 6) is 0.0281. The Balaban J connectivity index is 1.50. The van der Waals surface area contributed by atoms with Crippen molar-refractivity contribution in [3.05, 3.63) is 93.3 Å². The van der Waals surface area contributed by atoms with Crippen LogP contribution in [0.3, 0.4) is 0 Å². The van der Waals surface area contributed by atoms with Crippen molar-refractivity contribution in [2.75, 3.05) is 20.3 Å². The first-order valence-electron chi connectivity index (χ1n) is 11.0. The largest absolute Gasteiger partial charge is 0.493 e. The van der Waals surface area contributed by atoms with Crippen molar-refractivity contribution in [2.24, 2.45) is 0 Å². The average molecular weight is 524 g/mol. The Morgan fingerprint density at radius 3 is 2.44 bits per heavy atom. The van der Waals surface area contributed by atoms with Gasteiger partial charge in [-0.3, -0.25) is 14.5 Å². The van der Waals surface area contributed by atoms with Crippen LogP contribution < -0.4 is 14.2 Å². The number of methoxy groups -OCH3 is 1. The maximum Gasteiger partial charge on any atom is 0.343 e. The molecular weight excluding hydrogens is 502 g/mol. The minimum atomic E-state index is -0.618. The van der Waals surface area contributed by atoms with E-state index < -0.39 is 17.1 Å². The summed E-state index contributed by atoms with van der Waals surface area (Å²) in [5.41, 5.74) is 1.82. The fourth-order valence-electron chi connectivity index (χ4n) is 3.38. The van der Waals surface area contributed by atoms with Crippen LogP contribution >= 0.6 is 23.4 Å². The van der Waals surface area contributed by atoms with E-state index in [1.54, 1.807) is 42.5 Å². The van der Waals surface area contributed by atoms with E-state index in [9.17, 15) is 14.4 Å². The van der Waals surface area contributed by atoms with Crippen LogP contribution in [0.5, 0.6) is 17.2 Å². The van der Waals surface area contributed by atoms with Gasteiger partial charge in [0.1, 0.15) is 12.4 Å². The number of halogens is 1. The van der Waals surface area contributed by atoms with Crippen LogP contribution in [0.25, 0.3) is 6.08 Å². The summed E-state index contributed by atoms with van der Waals surface area (Å²) < 4.78 is 16.6. The fraction of sp³-hybridized carbons (Fsp3) is 0.148. The Bertz CT molecular complexity index is 1320. The van der Waals surface area contributed by atoms with Crippen LogP contribution in [0.1, 0.15) is 21.5 Å². The SMILES string of the molecule is COc1cccc(/C=C2\SC(=O)N(CCOc3ccc(C)cc3)C2=O)c1OC(=O)c1ccc(Cl)cc1. The second kappa shape index (κ2) is 11.3. The zero-order valence-corrected chi connectivity index (χ0v) is 21.1. The van der Waals surface area contributed by atoms with Gasteiger partial charge in [-0.1, -0.05) is 41.4 Å². The highest BCUT2D eigenvalue weighted by molar-refractivity contribution is 8.18. The molecule has 9 heteroatoms. The minimum absolute atomic E-state index is 0.104. The lowest BCUT2D eigenvalue weighted by atomic mass is 10.1. The van der Waals surface area contributed by atoms with E-state index in [-0.39, 0.29) is 23.8 Å². The molecule has 184 valence electrons. The van der Waals surface area contributed by atoms with Crippen LogP contribution in [0.2, 0.25) is 5.02 Å². The quantitative estimate of drug-likeness (QED) is 0.204. The normalized spacial score (nSPS) is 14.3. The highest BCUT2D eigenvalue weighted by Crippen LogP contribution is 2.37. The third-order valence-corrected chi connectivity index (χ3v) is 6.43. The van der Waals surface area contributed by atoms with Crippen molar-refractivity contribution in [1.82, 2.24) is 4.90 Å². The minimum Gasteiger partial charge on any atom is -0.493 e. The first-order valence-corrected chi connectivity index (χ1v) is 12.1. The molecule has 2 amide bonds. The van der Waals surface area contributed by atoms with Gasteiger partial charge in [0.15, 0.2) is 11.5 Å². The highest BCUT2D eigenvalue weighted by atomic mass is 35.5. The molecule has 36 heavy (non-hydrogen) atoms. The number of rotatable bonds is 8. The van der Waals surface area contributed by atoms with Crippen molar-refractivity contribution in [2.45, 2.75) is 6.92 Å². The van der Waals surface area contributed by atoms with Crippen molar-refractivity contribution in [1.29, 1.82) is 0 Å². The standard InChI is InChI=1S/C27H22ClNO6S/c1-17-6-12-21(13-7-17)34-15-14-29-25(30)23(36-27(29)32)16-19-4-3-5-22(33-2)24(19)35-26(31)18-8-10-20(28)11-9-18/h3-13,16H,14-15H2,1-2H3/b23-16-. The van der Waals surface area contributed by atoms with E-state index in [0.717, 1.165) is 22.2 Å². The van der Waals surface area contributed by atoms with Gasteiger partial charge in [-0.15, -0.1) is 0 Å². The number of carbonyl (C=O) groups excluding carboxylic acids is 3. The molecule has 0 saturated carbocycles. The number of benzene rings is 3. The molecule has 0 spiro atoms. The summed E-state index contributed by atoms with van der Waals surface area (Å²) in [6.45, 7) is 2.24. The van der Waals surface area contributed by atoms with Crippen LogP contribution in [0, 0.1) is 6.92 Å². The van der Waals surface area contributed by atoms with Gasteiger partial charge in [0.2, 0.25) is 0 Å². The number of thioether (sulfide) groups is 1. The molecule has 0 bridgehead atoms. The van der Waals surface area contributed by atoms with Crippen LogP contribution in [-0.4, -0.2) is 42.3 Å². The van der Waals surface area contributed by atoms with E-state index in [0.29, 0.717) is 27.6 Å². The van der Waals surface area contributed by atoms with Crippen LogP contribution in [-0.2, 0) is 4.79 Å². The molecule has 0 aliphatic carbocycles. The van der Waals surface area contributed by atoms with Gasteiger partial charge in [0.05, 0.1) is 24.1 Å². The van der Waals surface area contributed by atoms with Crippen LogP contribution in [0.4, 0.5) is 4.79 Å². The predicted molar refractivity (Wildman–Crippen MR) is 139 cm³/mol. The predicted octanol–water partition coefficient (Wildman–Crippen LogP) is 5.99. The van der Waals surface area contributed by atoms with Gasteiger partial charge in [0, 0.05) is 10.6 Å². The Hall–Kier alpha value is -3.75. The molecule has 0 radical (unpaired) electrons. The molecule has 0 aromatic heterocycles. The zero-order valence-electron chi connectivity index (χ0n) is 19.5. The number of hydrogen-bond acceptors (Lipinski definition) is 7. The van der Waals surface area contributed by atoms with Crippen molar-refractivity contribution >= 4 is 46.6 Å². The lowest BCUT2D eigenvalue weighted by Crippen LogP contribution is -2.32. The van der Waals surface area contributed by atoms with Gasteiger partial charge < -0.3 is 14.2 Å². The van der Waals surface area contributed by atoms with Gasteiger partial charge in [0.25, 0.3) is 11.1 Å². The lowest BCUT2D eigenvalue weighted by Gasteiger charge is -2.14. The Morgan fingerprint density at radius 1 is 1.03 bits per heavy atom. The van der Waals surface area contributed by atoms with Gasteiger partial charge in [-0.05, 0) is 67.2 Å². The Morgan fingerprint density at radius 2 is 1.75 bits per heavy atom. The maximum atomic E-state index is 13.0. The smallest absolute Gasteiger partial charge is 0.343 e. The van der Waals surface area contributed by atoms with Gasteiger partial charge in [-0.25, -0.2) is 4.79 Å². The molecule has 1 fully saturated rings. The Labute approximate surface area is 217 Å². The van der Waals surface area contributed by atoms with E-state index in [4.69, 9.17) is 25.8 Å². The molecular formula is C27H22ClNO6S. The van der Waals surface area contributed by atoms with Crippen LogP contribution in [0.15, 0.2) is 71.6 Å². The third kappa shape index (κ3) is 5.90. The van der Waals surface area contributed by atoms with Crippen molar-refractivity contribution in [3.8, 4) is 17.2 Å². The number of hydrogen-bond donors (Lipinski definition) is 0. The summed E-state index contributed by atoms with van der Waals surface area (Å²) in [7, 11) is 1.45. The summed E-state index contributed by atoms with van der Waals surface area (Å²) in [6.07, 6.45) is 1.51. The first kappa shape index (κ1) is 25.3. The molecule has 1 aliphatic heterocycles. The highest BCUT2D eigenvalue weighted by Gasteiger charge is 2.35. The van der Waals surface area contributed by atoms with Crippen molar-refractivity contribution < 1.29 is 28.6 Å². The summed E-state index contributed by atoms with van der Waals surface area (Å²) >= 11 is 6.71. The average Bonchev–Trinajstić information content (AvgIpc) is 3.13. The van der Waals surface area contributed by atoms with Crippen molar-refractivity contribution in [3.63, 3.8) is 0 Å². The number of ether oxygens (including phenoxy) is 3. The fourth-order valence-corrected chi connectivity index (χ4v) is 4.36. The number of esters is 1. The number of aryl methyl sites for hydroxylation is 1. The van der Waals surface area contributed by atoms with E-state index in [1.807, 2.05) is 31.2 Å². The molecule has 0 atom stereocenters. The number of amides is 2. The number of para-hydroxylation sites is 1. The summed E-state index contributed by atoms with van der Waals surface area (Å²) in [6, 6.07) is 18.8. The van der Waals surface area contributed by atoms with Gasteiger partial charge in [-0.2, -0.15) is 0 Å². The molecule has 0 unspecified atom stereocenters. The lowest BCUT2D eigenvalue weighted by molar-refractivity contribution is -0.123. The topological polar surface area (TPSA) is 82.1 Å². The Kier molecular flexibility index (Phi) is 7.97. The second-order valence-electron chi connectivity index (χ2n) is 7.77. The third-order valence-electron chi connectivity index (χ3n) is 5.27. The van der Waals surface area contributed by atoms with E-state index in [1.165, 1.54) is 13.2 Å². The molecule has 0 N–H and O–H groups in total. The molecule has 1 saturated heterocycles. The number of nitrogens with zero attached hydrogens (tertiary/aromatic N) is 1. The zero-order chi connectivity index (χ0) is 25.7. The molecule has 7 nitrogen and oxygen atoms in total. The maximum absolute atomic E-state index is 13.0.